The highest BCUT2D eigenvalue weighted by Crippen LogP contribution is 2.46. The molecule has 4 rings (SSSR count). The second-order valence-corrected chi connectivity index (χ2v) is 16.1. The molecule has 1 N–H and O–H groups in total. The lowest BCUT2D eigenvalue weighted by atomic mass is 9.64. The maximum absolute atomic E-state index is 14.3. The summed E-state index contributed by atoms with van der Waals surface area (Å²) in [5.74, 6) is 1.98. The normalized spacial score (nSPS) is 19.5. The number of fused-ring (bicyclic) bond motifs is 1. The standard InChI is InChI=1S/C36H51N5O4.C2H6OS/c1-20(2)17-23-18-26(21(3)4)30(27(19-23)22(5)6)44-34(42)28-29(37-10)33(45-35(43)40(11)12)41-32(28)38-31(39-41)24-13-15-25(16-14-24)36(7,8)9;1-3-4-2/h13-16,20-23,26-27,30H,17-19H2,1-9,11-12H3,(H,38,39);1-2H3. The summed E-state index contributed by atoms with van der Waals surface area (Å²) in [6.45, 7) is 27.8. The number of H-pyrrole nitrogens is 1. The number of hydrogen-bond donors (Lipinski definition) is 1. The van der Waals surface area contributed by atoms with Gasteiger partial charge in [0, 0.05) is 25.9 Å². The van der Waals surface area contributed by atoms with Crippen molar-refractivity contribution in [3.63, 3.8) is 0 Å². The highest BCUT2D eigenvalue weighted by Gasteiger charge is 2.44. The molecule has 2 unspecified atom stereocenters. The largest absolute Gasteiger partial charge is 0.459 e. The van der Waals surface area contributed by atoms with Crippen LogP contribution < -0.4 is 4.74 Å². The van der Waals surface area contributed by atoms with Gasteiger partial charge in [-0.2, -0.15) is 0 Å². The van der Waals surface area contributed by atoms with Gasteiger partial charge in [-0.05, 0) is 77.8 Å². The fraction of sp³-hybridized carbons (Fsp3) is 0.632. The van der Waals surface area contributed by atoms with Crippen molar-refractivity contribution in [3.05, 3.63) is 46.8 Å². The van der Waals surface area contributed by atoms with Gasteiger partial charge < -0.3 is 18.6 Å². The second-order valence-electron chi connectivity index (χ2n) is 15.4. The van der Waals surface area contributed by atoms with Crippen molar-refractivity contribution in [2.24, 2.45) is 35.5 Å². The van der Waals surface area contributed by atoms with Crippen molar-refractivity contribution in [3.8, 4) is 17.3 Å². The number of amides is 1. The van der Waals surface area contributed by atoms with E-state index < -0.39 is 12.1 Å². The van der Waals surface area contributed by atoms with Gasteiger partial charge in [-0.25, -0.2) is 23.9 Å². The number of carbonyl (C=O) groups excluding carboxylic acids is 2. The second kappa shape index (κ2) is 16.9. The summed E-state index contributed by atoms with van der Waals surface area (Å²) < 4.78 is 18.0. The minimum absolute atomic E-state index is 0.00897. The Kier molecular flexibility index (Phi) is 13.8. The van der Waals surface area contributed by atoms with Crippen LogP contribution in [-0.4, -0.2) is 65.1 Å². The van der Waals surface area contributed by atoms with E-state index in [4.69, 9.17) is 21.0 Å². The zero-order valence-corrected chi connectivity index (χ0v) is 32.5. The number of benzene rings is 1. The van der Waals surface area contributed by atoms with Crippen LogP contribution in [0.3, 0.4) is 0 Å². The van der Waals surface area contributed by atoms with E-state index >= 15 is 0 Å². The predicted octanol–water partition coefficient (Wildman–Crippen LogP) is 9.67. The van der Waals surface area contributed by atoms with E-state index in [0.29, 0.717) is 29.5 Å². The average molecular weight is 696 g/mol. The summed E-state index contributed by atoms with van der Waals surface area (Å²) in [7, 11) is 4.76. The van der Waals surface area contributed by atoms with Crippen LogP contribution in [0.2, 0.25) is 0 Å². The van der Waals surface area contributed by atoms with Crippen LogP contribution in [0.5, 0.6) is 5.88 Å². The fourth-order valence-corrected chi connectivity index (χ4v) is 6.76. The first-order valence-corrected chi connectivity index (χ1v) is 18.4. The Hall–Kier alpha value is -3.49. The van der Waals surface area contributed by atoms with Gasteiger partial charge in [-0.1, -0.05) is 86.6 Å². The molecule has 10 nitrogen and oxygen atoms in total. The Bertz CT molecular complexity index is 1570. The van der Waals surface area contributed by atoms with Gasteiger partial charge in [0.15, 0.2) is 11.5 Å². The minimum Gasteiger partial charge on any atom is -0.459 e. The molecule has 2 heterocycles. The molecule has 3 aromatic rings. The van der Waals surface area contributed by atoms with E-state index in [1.54, 1.807) is 21.2 Å². The van der Waals surface area contributed by atoms with Crippen molar-refractivity contribution < 1.29 is 23.2 Å². The highest BCUT2D eigenvalue weighted by atomic mass is 32.2. The molecule has 270 valence electrons. The summed E-state index contributed by atoms with van der Waals surface area (Å²) in [6.07, 6.45) is 4.06. The van der Waals surface area contributed by atoms with Crippen LogP contribution in [0.25, 0.3) is 21.9 Å². The van der Waals surface area contributed by atoms with Gasteiger partial charge >= 0.3 is 12.1 Å². The summed E-state index contributed by atoms with van der Waals surface area (Å²) in [6, 6.07) is 8.03. The Balaban J connectivity index is 0.00000154. The number of nitrogens with zero attached hydrogens (tertiary/aromatic N) is 4. The van der Waals surface area contributed by atoms with Gasteiger partial charge in [0.05, 0.1) is 13.7 Å². The van der Waals surface area contributed by atoms with E-state index in [0.717, 1.165) is 24.8 Å². The van der Waals surface area contributed by atoms with E-state index in [1.807, 2.05) is 30.5 Å². The lowest BCUT2D eigenvalue weighted by molar-refractivity contribution is -0.0623. The number of ether oxygens (including phenoxy) is 2. The molecular formula is C38H57N5O5S. The van der Waals surface area contributed by atoms with Gasteiger partial charge in [-0.15, -0.1) is 0 Å². The topological polar surface area (TPSA) is 103 Å². The number of rotatable bonds is 9. The molecule has 1 aromatic carbocycles. The molecule has 1 aliphatic rings. The molecule has 0 radical (unpaired) electrons. The number of esters is 1. The number of aromatic nitrogens is 3. The zero-order valence-electron chi connectivity index (χ0n) is 31.7. The van der Waals surface area contributed by atoms with E-state index in [9.17, 15) is 9.59 Å². The molecule has 1 saturated carbocycles. The first kappa shape index (κ1) is 39.9. The first-order chi connectivity index (χ1) is 22.9. The van der Waals surface area contributed by atoms with Crippen LogP contribution in [0.15, 0.2) is 24.3 Å². The van der Waals surface area contributed by atoms with Gasteiger partial charge in [0.25, 0.3) is 5.69 Å². The molecule has 0 aliphatic heterocycles. The van der Waals surface area contributed by atoms with Crippen molar-refractivity contribution in [2.75, 3.05) is 27.5 Å². The third-order valence-corrected chi connectivity index (χ3v) is 9.72. The summed E-state index contributed by atoms with van der Waals surface area (Å²) in [5.41, 5.74) is 2.06. The van der Waals surface area contributed by atoms with Crippen LogP contribution in [0.4, 0.5) is 10.5 Å². The predicted molar refractivity (Wildman–Crippen MR) is 198 cm³/mol. The number of carbonyl (C=O) groups is 2. The molecule has 2 aromatic heterocycles. The van der Waals surface area contributed by atoms with Crippen molar-refractivity contribution in [2.45, 2.75) is 93.1 Å². The van der Waals surface area contributed by atoms with Crippen molar-refractivity contribution >= 4 is 35.4 Å². The summed E-state index contributed by atoms with van der Waals surface area (Å²) in [5, 5.41) is 3.17. The Labute approximate surface area is 297 Å². The first-order valence-electron chi connectivity index (χ1n) is 17.2. The van der Waals surface area contributed by atoms with Gasteiger partial charge in [-0.3, -0.25) is 5.10 Å². The van der Waals surface area contributed by atoms with E-state index in [-0.39, 0.29) is 46.1 Å². The smallest absolute Gasteiger partial charge is 0.414 e. The summed E-state index contributed by atoms with van der Waals surface area (Å²) >= 11 is 1.36. The molecule has 1 fully saturated rings. The fourth-order valence-electron chi connectivity index (χ4n) is 6.76. The molecule has 1 aliphatic carbocycles. The molecule has 11 heteroatoms. The van der Waals surface area contributed by atoms with Gasteiger partial charge in [0.1, 0.15) is 11.7 Å². The van der Waals surface area contributed by atoms with Crippen LogP contribution >= 0.6 is 12.0 Å². The molecular weight excluding hydrogens is 639 g/mol. The van der Waals surface area contributed by atoms with E-state index in [2.05, 4.69) is 76.4 Å². The molecule has 0 bridgehead atoms. The molecule has 1 amide bonds. The molecule has 49 heavy (non-hydrogen) atoms. The minimum atomic E-state index is -0.673. The van der Waals surface area contributed by atoms with Crippen molar-refractivity contribution in [1.29, 1.82) is 0 Å². The molecule has 0 spiro atoms. The summed E-state index contributed by atoms with van der Waals surface area (Å²) in [4.78, 5) is 36.7. The lowest BCUT2D eigenvalue weighted by Crippen LogP contribution is -2.45. The molecule has 0 saturated heterocycles. The highest BCUT2D eigenvalue weighted by molar-refractivity contribution is 7.93. The Morgan fingerprint density at radius 3 is 2.04 bits per heavy atom. The average Bonchev–Trinajstić information content (AvgIpc) is 3.58. The Morgan fingerprint density at radius 2 is 1.61 bits per heavy atom. The lowest BCUT2D eigenvalue weighted by Gasteiger charge is -2.45. The Morgan fingerprint density at radius 1 is 1.06 bits per heavy atom. The number of hydrogen-bond acceptors (Lipinski definition) is 7. The SMILES string of the molecule is COSC.[C-]#[N+]c1c(C(=O)OC2C(C(C)C)CC(CC(C)C)CC2C(C)C)c2nc(-c3ccc(C(C)(C)C)cc3)[nH]n2c1OC(=O)N(C)C. The van der Waals surface area contributed by atoms with Crippen LogP contribution in [-0.2, 0) is 14.3 Å². The van der Waals surface area contributed by atoms with Gasteiger partial charge in [0.2, 0.25) is 5.88 Å². The number of aromatic amines is 1. The monoisotopic (exact) mass is 695 g/mol. The third kappa shape index (κ3) is 9.61. The maximum Gasteiger partial charge on any atom is 0.414 e. The van der Waals surface area contributed by atoms with Crippen LogP contribution in [0, 0.1) is 42.1 Å². The van der Waals surface area contributed by atoms with Crippen LogP contribution in [0.1, 0.15) is 97.5 Å². The maximum atomic E-state index is 14.3. The third-order valence-electron chi connectivity index (χ3n) is 9.38. The van der Waals surface area contributed by atoms with E-state index in [1.165, 1.54) is 27.0 Å². The van der Waals surface area contributed by atoms with Crippen molar-refractivity contribution in [1.82, 2.24) is 19.5 Å². The molecule has 2 atom stereocenters. The quantitative estimate of drug-likeness (QED) is 0.135. The zero-order chi connectivity index (χ0) is 36.8. The number of nitrogens with one attached hydrogen (secondary N) is 1.